The van der Waals surface area contributed by atoms with Crippen LogP contribution in [0.5, 0.6) is 0 Å². The van der Waals surface area contributed by atoms with Gasteiger partial charge in [-0.15, -0.1) is 10.2 Å². The first-order chi connectivity index (χ1) is 13.1. The molecule has 0 bridgehead atoms. The monoisotopic (exact) mass is 366 g/mol. The Morgan fingerprint density at radius 2 is 1.81 bits per heavy atom. The van der Waals surface area contributed by atoms with Gasteiger partial charge in [-0.05, 0) is 32.6 Å². The van der Waals surface area contributed by atoms with E-state index in [1.807, 2.05) is 19.1 Å². The van der Waals surface area contributed by atoms with E-state index >= 15 is 0 Å². The van der Waals surface area contributed by atoms with Crippen LogP contribution in [-0.4, -0.2) is 44.4 Å². The Hall–Kier alpha value is -2.50. The molecule has 1 unspecified atom stereocenters. The van der Waals surface area contributed by atoms with Crippen LogP contribution in [0.1, 0.15) is 65.6 Å². The fraction of sp³-hybridized carbons (Fsp3) is 0.524. The molecule has 6 nitrogen and oxygen atoms in total. The summed E-state index contributed by atoms with van der Waals surface area (Å²) in [6.45, 7) is 4.11. The Morgan fingerprint density at radius 1 is 1.00 bits per heavy atom. The molecule has 6 heteroatoms. The normalized spacial score (nSPS) is 20.0. The van der Waals surface area contributed by atoms with Gasteiger partial charge in [0.2, 0.25) is 5.78 Å². The summed E-state index contributed by atoms with van der Waals surface area (Å²) in [4.78, 5) is 27.1. The van der Waals surface area contributed by atoms with E-state index in [0.29, 0.717) is 18.7 Å². The Bertz CT molecular complexity index is 840. The fourth-order valence-electron chi connectivity index (χ4n) is 4.15. The van der Waals surface area contributed by atoms with Gasteiger partial charge >= 0.3 is 0 Å². The minimum atomic E-state index is -0.421. The van der Waals surface area contributed by atoms with Gasteiger partial charge < -0.3 is 9.47 Å². The number of hydrogen-bond acceptors (Lipinski definition) is 4. The predicted molar refractivity (Wildman–Crippen MR) is 102 cm³/mol. The van der Waals surface area contributed by atoms with Crippen LogP contribution in [0, 0.1) is 6.92 Å². The molecule has 1 aromatic carbocycles. The van der Waals surface area contributed by atoms with E-state index in [-0.39, 0.29) is 5.92 Å². The van der Waals surface area contributed by atoms with E-state index in [4.69, 9.17) is 0 Å². The van der Waals surface area contributed by atoms with E-state index < -0.39 is 11.7 Å². The van der Waals surface area contributed by atoms with Crippen molar-refractivity contribution in [1.82, 2.24) is 19.7 Å². The molecule has 0 aliphatic carbocycles. The fourth-order valence-corrected chi connectivity index (χ4v) is 4.15. The van der Waals surface area contributed by atoms with Crippen molar-refractivity contribution in [2.24, 2.45) is 0 Å². The van der Waals surface area contributed by atoms with Crippen LogP contribution in [0.3, 0.4) is 0 Å². The third kappa shape index (κ3) is 3.66. The molecule has 1 amide bonds. The molecule has 1 atom stereocenters. The second-order valence-electron chi connectivity index (χ2n) is 7.72. The third-order valence-electron chi connectivity index (χ3n) is 5.72. The zero-order valence-electron chi connectivity index (χ0n) is 15.9. The molecule has 2 aliphatic rings. The number of likely N-dealkylation sites (tertiary alicyclic amines) is 1. The number of Topliss-reactive ketones (excluding diaryl/α,β-unsaturated/α-hetero) is 1. The Balaban J connectivity index is 1.50. The zero-order chi connectivity index (χ0) is 18.8. The van der Waals surface area contributed by atoms with Gasteiger partial charge in [0.1, 0.15) is 11.6 Å². The molecule has 0 N–H and O–H groups in total. The van der Waals surface area contributed by atoms with Crippen LogP contribution in [0.4, 0.5) is 0 Å². The number of aromatic nitrogens is 3. The van der Waals surface area contributed by atoms with E-state index in [1.165, 1.54) is 12.8 Å². The third-order valence-corrected chi connectivity index (χ3v) is 5.72. The lowest BCUT2D eigenvalue weighted by Gasteiger charge is -2.32. The van der Waals surface area contributed by atoms with Gasteiger partial charge in [-0.1, -0.05) is 36.2 Å². The predicted octanol–water partition coefficient (Wildman–Crippen LogP) is 2.90. The molecular weight excluding hydrogens is 340 g/mol. The maximum absolute atomic E-state index is 12.8. The number of carbonyl (C=O) groups is 2. The van der Waals surface area contributed by atoms with Crippen LogP contribution in [0.2, 0.25) is 0 Å². The number of fused-ring (bicyclic) bond motifs is 1. The van der Waals surface area contributed by atoms with Gasteiger partial charge in [0.15, 0.2) is 0 Å². The summed E-state index contributed by atoms with van der Waals surface area (Å²) in [7, 11) is 0. The molecule has 4 rings (SSSR count). The highest BCUT2D eigenvalue weighted by molar-refractivity contribution is 6.42. The zero-order valence-corrected chi connectivity index (χ0v) is 15.9. The van der Waals surface area contributed by atoms with Crippen molar-refractivity contribution in [2.45, 2.75) is 57.9 Å². The van der Waals surface area contributed by atoms with Crippen molar-refractivity contribution in [3.8, 4) is 0 Å². The highest BCUT2D eigenvalue weighted by atomic mass is 16.2. The van der Waals surface area contributed by atoms with Crippen molar-refractivity contribution in [1.29, 1.82) is 0 Å². The summed E-state index contributed by atoms with van der Waals surface area (Å²) in [5.41, 5.74) is 1.54. The summed E-state index contributed by atoms with van der Waals surface area (Å²) in [5, 5.41) is 8.86. The number of carbonyl (C=O) groups excluding carboxylic acids is 2. The minimum absolute atomic E-state index is 0.160. The number of ketones is 1. The van der Waals surface area contributed by atoms with Gasteiger partial charge in [0, 0.05) is 37.5 Å². The molecule has 0 saturated carbocycles. The molecule has 3 heterocycles. The molecule has 142 valence electrons. The quantitative estimate of drug-likeness (QED) is 0.619. The molecule has 2 aromatic rings. The first-order valence-electron chi connectivity index (χ1n) is 9.96. The van der Waals surface area contributed by atoms with Crippen LogP contribution < -0.4 is 0 Å². The van der Waals surface area contributed by atoms with Crippen molar-refractivity contribution < 1.29 is 9.59 Å². The van der Waals surface area contributed by atoms with Crippen LogP contribution >= 0.6 is 0 Å². The van der Waals surface area contributed by atoms with Crippen LogP contribution in [-0.2, 0) is 17.8 Å². The molecule has 2 aliphatic heterocycles. The number of rotatable bonds is 3. The topological polar surface area (TPSA) is 68.1 Å². The summed E-state index contributed by atoms with van der Waals surface area (Å²) < 4.78 is 2.26. The SMILES string of the molecule is Cc1ccc(C(=O)C(=O)N2CCCC(c3nnc4n3CCCCC4)C2)cc1. The van der Waals surface area contributed by atoms with Crippen molar-refractivity contribution in [3.63, 3.8) is 0 Å². The number of nitrogens with zero attached hydrogens (tertiary/aromatic N) is 4. The van der Waals surface area contributed by atoms with Crippen LogP contribution in [0.25, 0.3) is 0 Å². The molecule has 1 aromatic heterocycles. The van der Waals surface area contributed by atoms with Gasteiger partial charge in [-0.3, -0.25) is 9.59 Å². The van der Waals surface area contributed by atoms with Gasteiger partial charge in [0.25, 0.3) is 5.91 Å². The van der Waals surface area contributed by atoms with Crippen molar-refractivity contribution >= 4 is 11.7 Å². The molecule has 1 saturated heterocycles. The van der Waals surface area contributed by atoms with E-state index in [0.717, 1.165) is 49.4 Å². The average Bonchev–Trinajstić information content (AvgIpc) is 2.96. The first-order valence-corrected chi connectivity index (χ1v) is 9.96. The number of piperidine rings is 1. The summed E-state index contributed by atoms with van der Waals surface area (Å²) in [6.07, 6.45) is 6.40. The highest BCUT2D eigenvalue weighted by Gasteiger charge is 2.32. The Kier molecular flexibility index (Phi) is 5.05. The summed E-state index contributed by atoms with van der Waals surface area (Å²) in [5.74, 6) is 1.40. The second kappa shape index (κ2) is 7.62. The van der Waals surface area contributed by atoms with E-state index in [9.17, 15) is 9.59 Å². The van der Waals surface area contributed by atoms with Crippen molar-refractivity contribution in [2.75, 3.05) is 13.1 Å². The smallest absolute Gasteiger partial charge is 0.294 e. The second-order valence-corrected chi connectivity index (χ2v) is 7.72. The lowest BCUT2D eigenvalue weighted by Crippen LogP contribution is -2.43. The van der Waals surface area contributed by atoms with Gasteiger partial charge in [-0.25, -0.2) is 0 Å². The highest BCUT2D eigenvalue weighted by Crippen LogP contribution is 2.28. The lowest BCUT2D eigenvalue weighted by atomic mass is 9.96. The maximum atomic E-state index is 12.8. The van der Waals surface area contributed by atoms with Gasteiger partial charge in [0.05, 0.1) is 0 Å². The molecule has 0 spiro atoms. The van der Waals surface area contributed by atoms with Crippen LogP contribution in [0.15, 0.2) is 24.3 Å². The maximum Gasteiger partial charge on any atom is 0.294 e. The number of benzene rings is 1. The van der Waals surface area contributed by atoms with E-state index in [2.05, 4.69) is 14.8 Å². The standard InChI is InChI=1S/C21H26N4O2/c1-15-8-10-16(11-9-15)19(26)21(27)24-12-5-6-17(14-24)20-23-22-18-7-3-2-4-13-25(18)20/h8-11,17H,2-7,12-14H2,1H3. The van der Waals surface area contributed by atoms with Gasteiger partial charge in [-0.2, -0.15) is 0 Å². The lowest BCUT2D eigenvalue weighted by molar-refractivity contribution is -0.127. The Labute approximate surface area is 159 Å². The summed E-state index contributed by atoms with van der Waals surface area (Å²) in [6, 6.07) is 7.20. The number of aryl methyl sites for hydroxylation is 2. The molecule has 27 heavy (non-hydrogen) atoms. The average molecular weight is 366 g/mol. The first kappa shape index (κ1) is 17.9. The largest absolute Gasteiger partial charge is 0.335 e. The minimum Gasteiger partial charge on any atom is -0.335 e. The molecule has 1 fully saturated rings. The number of amides is 1. The Morgan fingerprint density at radius 3 is 2.63 bits per heavy atom. The molecule has 0 radical (unpaired) electrons. The van der Waals surface area contributed by atoms with Crippen molar-refractivity contribution in [3.05, 3.63) is 47.0 Å². The molecular formula is C21H26N4O2. The number of hydrogen-bond donors (Lipinski definition) is 0. The van der Waals surface area contributed by atoms with E-state index in [1.54, 1.807) is 17.0 Å². The summed E-state index contributed by atoms with van der Waals surface area (Å²) >= 11 is 0.